The van der Waals surface area contributed by atoms with Crippen molar-refractivity contribution < 1.29 is 29.4 Å². The molecule has 0 bridgehead atoms. The van der Waals surface area contributed by atoms with E-state index < -0.39 is 35.3 Å². The van der Waals surface area contributed by atoms with Gasteiger partial charge in [0.2, 0.25) is 0 Å². The maximum Gasteiger partial charge on any atom is 0.270 e. The first-order valence-corrected chi connectivity index (χ1v) is 2.95. The largest absolute Gasteiger partial charge is 0.847 e. The number of rotatable bonds is 0. The zero-order valence-corrected chi connectivity index (χ0v) is 5.60. The number of hydrogen-bond donors (Lipinski definition) is 0. The molecular formula is C6H2O6-2. The van der Waals surface area contributed by atoms with Gasteiger partial charge in [-0.3, -0.25) is 19.2 Å². The van der Waals surface area contributed by atoms with Crippen molar-refractivity contribution >= 4 is 23.1 Å². The van der Waals surface area contributed by atoms with Crippen LogP contribution in [0.3, 0.4) is 0 Å². The molecule has 1 aliphatic carbocycles. The molecule has 1 saturated carbocycles. The second-order valence-electron chi connectivity index (χ2n) is 2.23. The minimum atomic E-state index is -2.46. The highest BCUT2D eigenvalue weighted by Gasteiger charge is 2.38. The highest BCUT2D eigenvalue weighted by atomic mass is 16.3. The average molecular weight is 170 g/mol. The van der Waals surface area contributed by atoms with Gasteiger partial charge < -0.3 is 10.2 Å². The summed E-state index contributed by atoms with van der Waals surface area (Å²) in [6.45, 7) is 0. The van der Waals surface area contributed by atoms with Crippen molar-refractivity contribution in [1.29, 1.82) is 0 Å². The van der Waals surface area contributed by atoms with Gasteiger partial charge in [0.1, 0.15) is 0 Å². The standard InChI is InChI=1S/C6H2O6/c7-1-2(8)4(10)6(12)5(11)3(1)9/h1-2H/q-2. The van der Waals surface area contributed by atoms with Crippen LogP contribution >= 0.6 is 0 Å². The molecule has 0 aromatic rings. The minimum Gasteiger partial charge on any atom is -0.847 e. The Hall–Kier alpha value is -1.40. The maximum atomic E-state index is 10.5. The Labute approximate surface area is 65.8 Å². The van der Waals surface area contributed by atoms with Crippen LogP contribution in [0.15, 0.2) is 0 Å². The van der Waals surface area contributed by atoms with Gasteiger partial charge >= 0.3 is 0 Å². The smallest absolute Gasteiger partial charge is 0.270 e. The second-order valence-corrected chi connectivity index (χ2v) is 2.23. The zero-order valence-electron chi connectivity index (χ0n) is 5.60. The van der Waals surface area contributed by atoms with E-state index >= 15 is 0 Å². The predicted molar refractivity (Wildman–Crippen MR) is 27.6 cm³/mol. The van der Waals surface area contributed by atoms with Crippen molar-refractivity contribution in [2.75, 3.05) is 0 Å². The fourth-order valence-electron chi connectivity index (χ4n) is 0.757. The summed E-state index contributed by atoms with van der Waals surface area (Å²) in [7, 11) is 0. The summed E-state index contributed by atoms with van der Waals surface area (Å²) in [5, 5.41) is 21.0. The van der Waals surface area contributed by atoms with E-state index in [9.17, 15) is 29.4 Å². The quantitative estimate of drug-likeness (QED) is 0.340. The summed E-state index contributed by atoms with van der Waals surface area (Å²) in [5.41, 5.74) is 0. The molecule has 0 saturated heterocycles. The number of Topliss-reactive ketones (excluding diaryl/α,β-unsaturated/α-hetero) is 4. The first-order valence-electron chi connectivity index (χ1n) is 2.95. The van der Waals surface area contributed by atoms with Crippen LogP contribution in [-0.4, -0.2) is 35.3 Å². The third kappa shape index (κ3) is 0.973. The van der Waals surface area contributed by atoms with Crippen molar-refractivity contribution in [2.45, 2.75) is 12.2 Å². The number of carbonyl (C=O) groups is 4. The van der Waals surface area contributed by atoms with E-state index in [1.807, 2.05) is 0 Å². The number of ketones is 4. The molecular weight excluding hydrogens is 168 g/mol. The van der Waals surface area contributed by atoms with Crippen LogP contribution in [0, 0.1) is 0 Å². The number of carbonyl (C=O) groups excluding carboxylic acids is 4. The molecule has 0 amide bonds. The summed E-state index contributed by atoms with van der Waals surface area (Å²) in [5.74, 6) is -6.57. The van der Waals surface area contributed by atoms with Gasteiger partial charge in [0.25, 0.3) is 11.6 Å². The van der Waals surface area contributed by atoms with Gasteiger partial charge in [-0.25, -0.2) is 0 Å². The van der Waals surface area contributed by atoms with Crippen molar-refractivity contribution in [3.05, 3.63) is 0 Å². The van der Waals surface area contributed by atoms with Crippen molar-refractivity contribution in [3.8, 4) is 0 Å². The molecule has 6 nitrogen and oxygen atoms in total. The van der Waals surface area contributed by atoms with Crippen molar-refractivity contribution in [2.24, 2.45) is 0 Å². The van der Waals surface area contributed by atoms with Crippen molar-refractivity contribution in [3.63, 3.8) is 0 Å². The van der Waals surface area contributed by atoms with Crippen LogP contribution < -0.4 is 10.2 Å². The molecule has 1 rings (SSSR count). The normalized spacial score (nSPS) is 31.2. The van der Waals surface area contributed by atoms with Crippen LogP contribution in [0.2, 0.25) is 0 Å². The summed E-state index contributed by atoms with van der Waals surface area (Å²) in [4.78, 5) is 41.8. The van der Waals surface area contributed by atoms with Crippen LogP contribution in [-0.2, 0) is 19.2 Å². The summed E-state index contributed by atoms with van der Waals surface area (Å²) >= 11 is 0. The highest BCUT2D eigenvalue weighted by Crippen LogP contribution is 2.02. The molecule has 0 N–H and O–H groups in total. The van der Waals surface area contributed by atoms with E-state index in [4.69, 9.17) is 0 Å². The molecule has 0 heterocycles. The molecule has 1 fully saturated rings. The lowest BCUT2D eigenvalue weighted by Gasteiger charge is -2.35. The molecule has 0 aromatic carbocycles. The Morgan fingerprint density at radius 3 is 1.25 bits per heavy atom. The lowest BCUT2D eigenvalue weighted by Crippen LogP contribution is -2.65. The third-order valence-corrected chi connectivity index (χ3v) is 1.45. The topological polar surface area (TPSA) is 114 Å². The average Bonchev–Trinajstić information content (AvgIpc) is 2.08. The Morgan fingerprint density at radius 1 is 0.750 bits per heavy atom. The van der Waals surface area contributed by atoms with Gasteiger partial charge in [-0.1, -0.05) is 12.2 Å². The Kier molecular flexibility index (Phi) is 1.87. The number of hydrogen-bond acceptors (Lipinski definition) is 6. The van der Waals surface area contributed by atoms with Gasteiger partial charge in [-0.05, 0) is 0 Å². The van der Waals surface area contributed by atoms with E-state index in [2.05, 4.69) is 0 Å². The molecule has 0 radical (unpaired) electrons. The molecule has 0 aliphatic heterocycles. The van der Waals surface area contributed by atoms with E-state index in [1.165, 1.54) is 0 Å². The fraction of sp³-hybridized carbons (Fsp3) is 0.333. The third-order valence-electron chi connectivity index (χ3n) is 1.45. The SMILES string of the molecule is O=C1C(=O)C(=O)C([O-])C([O-])C1=O. The second kappa shape index (κ2) is 2.58. The predicted octanol–water partition coefficient (Wildman–Crippen LogP) is -4.27. The zero-order chi connectivity index (χ0) is 9.46. The Balaban J connectivity index is 3.07. The molecule has 6 heteroatoms. The first-order chi connectivity index (χ1) is 5.46. The highest BCUT2D eigenvalue weighted by molar-refractivity contribution is 6.81. The van der Waals surface area contributed by atoms with Gasteiger partial charge in [-0.15, -0.1) is 0 Å². The summed E-state index contributed by atoms with van der Waals surface area (Å²) < 4.78 is 0. The van der Waals surface area contributed by atoms with E-state index in [1.54, 1.807) is 0 Å². The molecule has 2 unspecified atom stereocenters. The summed E-state index contributed by atoms with van der Waals surface area (Å²) in [6, 6.07) is 0. The van der Waals surface area contributed by atoms with Gasteiger partial charge in [-0.2, -0.15) is 0 Å². The van der Waals surface area contributed by atoms with E-state index in [-0.39, 0.29) is 0 Å². The van der Waals surface area contributed by atoms with Gasteiger partial charge in [0.15, 0.2) is 11.6 Å². The van der Waals surface area contributed by atoms with Gasteiger partial charge in [0, 0.05) is 0 Å². The molecule has 0 aromatic heterocycles. The Bertz CT molecular complexity index is 260. The monoisotopic (exact) mass is 170 g/mol. The Morgan fingerprint density at radius 2 is 1.00 bits per heavy atom. The molecule has 2 atom stereocenters. The minimum absolute atomic E-state index is 1.61. The lowest BCUT2D eigenvalue weighted by molar-refractivity contribution is -0.501. The molecule has 64 valence electrons. The summed E-state index contributed by atoms with van der Waals surface area (Å²) in [6.07, 6.45) is -4.91. The van der Waals surface area contributed by atoms with E-state index in [0.717, 1.165) is 0 Å². The van der Waals surface area contributed by atoms with Crippen molar-refractivity contribution in [1.82, 2.24) is 0 Å². The van der Waals surface area contributed by atoms with E-state index in [0.29, 0.717) is 0 Å². The first kappa shape index (κ1) is 8.69. The molecule has 0 spiro atoms. The lowest BCUT2D eigenvalue weighted by atomic mass is 9.90. The van der Waals surface area contributed by atoms with Crippen LogP contribution in [0.25, 0.3) is 0 Å². The fourth-order valence-corrected chi connectivity index (χ4v) is 0.757. The van der Waals surface area contributed by atoms with Crippen LogP contribution in [0.4, 0.5) is 0 Å². The molecule has 1 aliphatic rings. The maximum absolute atomic E-state index is 10.5. The van der Waals surface area contributed by atoms with Crippen LogP contribution in [0.1, 0.15) is 0 Å². The molecule has 12 heavy (non-hydrogen) atoms. The van der Waals surface area contributed by atoms with Gasteiger partial charge in [0.05, 0.1) is 0 Å². The van der Waals surface area contributed by atoms with Crippen LogP contribution in [0.5, 0.6) is 0 Å².